The van der Waals surface area contributed by atoms with Gasteiger partial charge in [0.1, 0.15) is 5.69 Å². The Labute approximate surface area is 254 Å². The van der Waals surface area contributed by atoms with Crippen LogP contribution in [0.25, 0.3) is 5.95 Å². The number of alkyl halides is 3. The lowest BCUT2D eigenvalue weighted by atomic mass is 9.97. The second kappa shape index (κ2) is 11.8. The van der Waals surface area contributed by atoms with Crippen molar-refractivity contribution in [3.8, 4) is 5.95 Å². The van der Waals surface area contributed by atoms with Gasteiger partial charge in [0, 0.05) is 48.8 Å². The van der Waals surface area contributed by atoms with Crippen molar-refractivity contribution in [2.75, 3.05) is 26.2 Å². The number of halogens is 3. The number of aromatic nitrogens is 7. The minimum atomic E-state index is -4.38. The molecule has 0 spiro atoms. The van der Waals surface area contributed by atoms with Gasteiger partial charge in [-0.3, -0.25) is 9.69 Å². The molecule has 0 N–H and O–H groups in total. The van der Waals surface area contributed by atoms with E-state index >= 15 is 0 Å². The monoisotopic (exact) mass is 609 g/mol. The lowest BCUT2D eigenvalue weighted by molar-refractivity contribution is -0.137. The third-order valence-corrected chi connectivity index (χ3v) is 8.61. The van der Waals surface area contributed by atoms with Crippen LogP contribution in [0, 0.1) is 27.7 Å². The van der Waals surface area contributed by atoms with Gasteiger partial charge in [-0.05, 0) is 72.2 Å². The van der Waals surface area contributed by atoms with Gasteiger partial charge in [-0.2, -0.15) is 18.3 Å². The van der Waals surface area contributed by atoms with E-state index in [2.05, 4.69) is 44.1 Å². The molecule has 0 bridgehead atoms. The molecular formula is C31H38F3N9O. The number of piperazine rings is 1. The fourth-order valence-electron chi connectivity index (χ4n) is 5.72. The smallest absolute Gasteiger partial charge is 0.340 e. The molecule has 1 saturated heterocycles. The SMILES string of the molecule is Cc1cc(C)nc(-n2nc(C)c(CC(=O)N3CCN(C(C)(C)c4cn([C@@H](C)c5ccc(C(F)(F)F)cc5)nn4)CC3)c2C)n1. The Balaban J connectivity index is 1.22. The molecule has 0 unspecified atom stereocenters. The first-order valence-electron chi connectivity index (χ1n) is 14.6. The summed E-state index contributed by atoms with van der Waals surface area (Å²) in [6, 6.07) is 6.74. The molecule has 234 valence electrons. The van der Waals surface area contributed by atoms with Crippen LogP contribution in [-0.4, -0.2) is 76.6 Å². The molecule has 1 aliphatic heterocycles. The highest BCUT2D eigenvalue weighted by atomic mass is 19.4. The van der Waals surface area contributed by atoms with Crippen LogP contribution in [0.3, 0.4) is 0 Å². The predicted octanol–water partition coefficient (Wildman–Crippen LogP) is 4.74. The first kappa shape index (κ1) is 31.3. The van der Waals surface area contributed by atoms with Gasteiger partial charge in [0.2, 0.25) is 5.91 Å². The summed E-state index contributed by atoms with van der Waals surface area (Å²) in [6.07, 6.45) is -2.27. The first-order valence-corrected chi connectivity index (χ1v) is 14.6. The van der Waals surface area contributed by atoms with Crippen molar-refractivity contribution >= 4 is 5.91 Å². The van der Waals surface area contributed by atoms with E-state index in [1.54, 1.807) is 9.36 Å². The molecule has 1 aliphatic rings. The molecule has 3 aromatic heterocycles. The van der Waals surface area contributed by atoms with Gasteiger partial charge in [0.05, 0.1) is 35.5 Å². The minimum absolute atomic E-state index is 0.0471. The van der Waals surface area contributed by atoms with Gasteiger partial charge in [0.25, 0.3) is 5.95 Å². The molecule has 4 heterocycles. The third kappa shape index (κ3) is 6.23. The summed E-state index contributed by atoms with van der Waals surface area (Å²) in [7, 11) is 0. The Morgan fingerprint density at radius 2 is 1.57 bits per heavy atom. The standard InChI is InChI=1S/C31H38F3N9O/c1-19-16-20(2)36-29(35-19)43-23(5)26(21(3)38-43)17-28(44)40-12-14-41(15-13-40)30(6,7)27-18-42(39-37-27)22(4)24-8-10-25(11-9-24)31(32,33)34/h8-11,16,18,22H,12-15,17H2,1-7H3/t22-/m0/s1. The molecule has 4 aromatic rings. The summed E-state index contributed by atoms with van der Waals surface area (Å²) in [6.45, 7) is 16.2. The molecule has 0 aliphatic carbocycles. The quantitative estimate of drug-likeness (QED) is 0.299. The minimum Gasteiger partial charge on any atom is -0.340 e. The number of carbonyl (C=O) groups excluding carboxylic acids is 1. The molecule has 1 fully saturated rings. The van der Waals surface area contributed by atoms with Crippen molar-refractivity contribution in [3.63, 3.8) is 0 Å². The lowest BCUT2D eigenvalue weighted by Gasteiger charge is -2.43. The zero-order valence-electron chi connectivity index (χ0n) is 26.1. The second-order valence-corrected chi connectivity index (χ2v) is 12.0. The van der Waals surface area contributed by atoms with E-state index in [4.69, 9.17) is 0 Å². The van der Waals surface area contributed by atoms with E-state index in [9.17, 15) is 18.0 Å². The maximum Gasteiger partial charge on any atom is 0.416 e. The van der Waals surface area contributed by atoms with Crippen molar-refractivity contribution in [1.29, 1.82) is 0 Å². The van der Waals surface area contributed by atoms with Crippen LogP contribution in [-0.2, 0) is 22.9 Å². The van der Waals surface area contributed by atoms with Crippen molar-refractivity contribution < 1.29 is 18.0 Å². The molecule has 0 radical (unpaired) electrons. The third-order valence-electron chi connectivity index (χ3n) is 8.61. The van der Waals surface area contributed by atoms with Gasteiger partial charge in [0.15, 0.2) is 0 Å². The largest absolute Gasteiger partial charge is 0.416 e. The molecule has 1 amide bonds. The van der Waals surface area contributed by atoms with Gasteiger partial charge in [-0.15, -0.1) is 5.10 Å². The second-order valence-electron chi connectivity index (χ2n) is 12.0. The zero-order chi connectivity index (χ0) is 32.0. The van der Waals surface area contributed by atoms with E-state index in [-0.39, 0.29) is 18.4 Å². The molecule has 5 rings (SSSR count). The molecule has 1 atom stereocenters. The molecular weight excluding hydrogens is 571 g/mol. The number of carbonyl (C=O) groups is 1. The summed E-state index contributed by atoms with van der Waals surface area (Å²) in [5, 5.41) is 13.4. The molecule has 1 aromatic carbocycles. The van der Waals surface area contributed by atoms with Crippen molar-refractivity contribution in [1.82, 2.24) is 44.5 Å². The number of hydrogen-bond acceptors (Lipinski definition) is 7. The maximum absolute atomic E-state index is 13.4. The highest BCUT2D eigenvalue weighted by Gasteiger charge is 2.36. The van der Waals surface area contributed by atoms with Crippen molar-refractivity contribution in [2.45, 2.75) is 72.6 Å². The Hall–Kier alpha value is -4.13. The number of amides is 1. The summed E-state index contributed by atoms with van der Waals surface area (Å²) in [5.74, 6) is 0.550. The number of rotatable bonds is 7. The molecule has 10 nitrogen and oxygen atoms in total. The van der Waals surface area contributed by atoms with Crippen LogP contribution < -0.4 is 0 Å². The van der Waals surface area contributed by atoms with Gasteiger partial charge in [-0.1, -0.05) is 17.3 Å². The number of aryl methyl sites for hydroxylation is 3. The number of nitrogens with zero attached hydrogens (tertiary/aromatic N) is 9. The highest BCUT2D eigenvalue weighted by molar-refractivity contribution is 5.79. The van der Waals surface area contributed by atoms with Crippen LogP contribution in [0.5, 0.6) is 0 Å². The fraction of sp³-hybridized carbons (Fsp3) is 0.484. The lowest BCUT2D eigenvalue weighted by Crippen LogP contribution is -2.54. The van der Waals surface area contributed by atoms with Gasteiger partial charge >= 0.3 is 6.18 Å². The Bertz CT molecular complexity index is 1630. The van der Waals surface area contributed by atoms with Crippen LogP contribution in [0.1, 0.15) is 72.0 Å². The summed E-state index contributed by atoms with van der Waals surface area (Å²) >= 11 is 0. The summed E-state index contributed by atoms with van der Waals surface area (Å²) in [5.41, 5.74) is 4.55. The average Bonchev–Trinajstić information content (AvgIpc) is 3.58. The Morgan fingerprint density at radius 3 is 2.16 bits per heavy atom. The maximum atomic E-state index is 13.4. The molecule has 0 saturated carbocycles. The zero-order valence-corrected chi connectivity index (χ0v) is 26.1. The number of benzene rings is 1. The van der Waals surface area contributed by atoms with Gasteiger partial charge in [-0.25, -0.2) is 19.3 Å². The van der Waals surface area contributed by atoms with E-state index in [0.717, 1.165) is 46.2 Å². The normalized spacial score (nSPS) is 15.5. The predicted molar refractivity (Wildman–Crippen MR) is 158 cm³/mol. The van der Waals surface area contributed by atoms with Crippen LogP contribution >= 0.6 is 0 Å². The Morgan fingerprint density at radius 1 is 0.955 bits per heavy atom. The van der Waals surface area contributed by atoms with Crippen LogP contribution in [0.2, 0.25) is 0 Å². The number of hydrogen-bond donors (Lipinski definition) is 0. The Kier molecular flexibility index (Phi) is 8.36. The van der Waals surface area contributed by atoms with Crippen molar-refractivity contribution in [3.05, 3.63) is 81.7 Å². The highest BCUT2D eigenvalue weighted by Crippen LogP contribution is 2.32. The van der Waals surface area contributed by atoms with Gasteiger partial charge < -0.3 is 4.90 Å². The molecule has 13 heteroatoms. The van der Waals surface area contributed by atoms with E-state index in [0.29, 0.717) is 37.7 Å². The van der Waals surface area contributed by atoms with E-state index < -0.39 is 17.3 Å². The summed E-state index contributed by atoms with van der Waals surface area (Å²) in [4.78, 5) is 26.6. The first-order chi connectivity index (χ1) is 20.6. The molecule has 44 heavy (non-hydrogen) atoms. The average molecular weight is 610 g/mol. The van der Waals surface area contributed by atoms with Crippen LogP contribution in [0.4, 0.5) is 13.2 Å². The van der Waals surface area contributed by atoms with E-state index in [1.165, 1.54) is 12.1 Å². The van der Waals surface area contributed by atoms with Crippen LogP contribution in [0.15, 0.2) is 36.5 Å². The topological polar surface area (TPSA) is 97.9 Å². The van der Waals surface area contributed by atoms with E-state index in [1.807, 2.05) is 51.8 Å². The summed E-state index contributed by atoms with van der Waals surface area (Å²) < 4.78 is 42.3. The fourth-order valence-corrected chi connectivity index (χ4v) is 5.72. The van der Waals surface area contributed by atoms with Crippen molar-refractivity contribution in [2.24, 2.45) is 0 Å².